The van der Waals surface area contributed by atoms with E-state index < -0.39 is 0 Å². The maximum atomic E-state index is 12.5. The molecule has 112 valence electrons. The molecule has 0 saturated heterocycles. The van der Waals surface area contributed by atoms with Crippen LogP contribution in [0.25, 0.3) is 11.5 Å². The molecule has 0 radical (unpaired) electrons. The van der Waals surface area contributed by atoms with E-state index in [1.54, 1.807) is 23.3 Å². The van der Waals surface area contributed by atoms with Crippen molar-refractivity contribution in [3.8, 4) is 5.82 Å². The van der Waals surface area contributed by atoms with Gasteiger partial charge in [0.05, 0.1) is 6.20 Å². The molecule has 7 heteroatoms. The number of rotatable bonds is 3. The zero-order chi connectivity index (χ0) is 15.6. The molecule has 7 nitrogen and oxygen atoms in total. The second-order valence-electron chi connectivity index (χ2n) is 4.90. The summed E-state index contributed by atoms with van der Waals surface area (Å²) in [6.07, 6.45) is 6.62. The van der Waals surface area contributed by atoms with E-state index in [9.17, 15) is 4.79 Å². The van der Waals surface area contributed by atoms with Crippen LogP contribution < -0.4 is 5.32 Å². The minimum absolute atomic E-state index is 0.265. The van der Waals surface area contributed by atoms with Crippen molar-refractivity contribution in [3.63, 3.8) is 0 Å². The standard InChI is InChI=1S/C16H12N6O/c23-16(19-12-4-2-1-3-5-12)13-10-18-14-6-7-15(20-22(13)14)21-9-8-17-11-21/h1-11H,(H,19,23). The number of carbonyl (C=O) groups excluding carboxylic acids is 1. The van der Waals surface area contributed by atoms with Crippen molar-refractivity contribution in [1.29, 1.82) is 0 Å². The molecule has 1 aromatic carbocycles. The summed E-state index contributed by atoms with van der Waals surface area (Å²) in [5.41, 5.74) is 1.69. The van der Waals surface area contributed by atoms with E-state index in [0.717, 1.165) is 5.69 Å². The predicted octanol–water partition coefficient (Wildman–Crippen LogP) is 2.17. The fourth-order valence-corrected chi connectivity index (χ4v) is 2.27. The number of nitrogens with zero attached hydrogens (tertiary/aromatic N) is 5. The smallest absolute Gasteiger partial charge is 0.276 e. The highest BCUT2D eigenvalue weighted by Gasteiger charge is 2.14. The van der Waals surface area contributed by atoms with Crippen LogP contribution in [-0.4, -0.2) is 30.1 Å². The first-order valence-corrected chi connectivity index (χ1v) is 7.01. The molecule has 3 heterocycles. The van der Waals surface area contributed by atoms with Gasteiger partial charge in [-0.25, -0.2) is 14.5 Å². The van der Waals surface area contributed by atoms with Crippen molar-refractivity contribution < 1.29 is 4.79 Å². The zero-order valence-electron chi connectivity index (χ0n) is 12.0. The van der Waals surface area contributed by atoms with Crippen molar-refractivity contribution in [2.24, 2.45) is 0 Å². The lowest BCUT2D eigenvalue weighted by molar-refractivity contribution is 0.102. The van der Waals surface area contributed by atoms with Crippen LogP contribution in [0.2, 0.25) is 0 Å². The number of anilines is 1. The molecule has 4 aromatic rings. The average Bonchev–Trinajstić information content (AvgIpc) is 3.25. The Morgan fingerprint density at radius 3 is 2.74 bits per heavy atom. The number of benzene rings is 1. The Morgan fingerprint density at radius 2 is 1.96 bits per heavy atom. The van der Waals surface area contributed by atoms with Gasteiger partial charge in [0.2, 0.25) is 0 Å². The molecule has 4 rings (SSSR count). The molecule has 23 heavy (non-hydrogen) atoms. The highest BCUT2D eigenvalue weighted by Crippen LogP contribution is 2.12. The maximum Gasteiger partial charge on any atom is 0.276 e. The van der Waals surface area contributed by atoms with Crippen molar-refractivity contribution in [3.05, 3.63) is 73.1 Å². The van der Waals surface area contributed by atoms with Gasteiger partial charge in [-0.3, -0.25) is 9.36 Å². The van der Waals surface area contributed by atoms with Gasteiger partial charge in [-0.1, -0.05) is 18.2 Å². The van der Waals surface area contributed by atoms with Crippen LogP contribution in [0.4, 0.5) is 5.69 Å². The molecule has 1 N–H and O–H groups in total. The van der Waals surface area contributed by atoms with E-state index in [4.69, 9.17) is 0 Å². The Bertz CT molecular complexity index is 959. The number of para-hydroxylation sites is 1. The summed E-state index contributed by atoms with van der Waals surface area (Å²) in [6, 6.07) is 12.9. The Kier molecular flexibility index (Phi) is 3.09. The lowest BCUT2D eigenvalue weighted by Crippen LogP contribution is -2.15. The summed E-state index contributed by atoms with van der Waals surface area (Å²) in [4.78, 5) is 20.7. The molecule has 0 bridgehead atoms. The summed E-state index contributed by atoms with van der Waals surface area (Å²) in [6.45, 7) is 0. The fraction of sp³-hybridized carbons (Fsp3) is 0. The van der Waals surface area contributed by atoms with Crippen molar-refractivity contribution in [2.45, 2.75) is 0 Å². The minimum Gasteiger partial charge on any atom is -0.321 e. The molecule has 0 atom stereocenters. The summed E-state index contributed by atoms with van der Waals surface area (Å²) in [7, 11) is 0. The first kappa shape index (κ1) is 13.2. The van der Waals surface area contributed by atoms with Gasteiger partial charge in [-0.2, -0.15) is 0 Å². The van der Waals surface area contributed by atoms with Crippen LogP contribution in [0.3, 0.4) is 0 Å². The quantitative estimate of drug-likeness (QED) is 0.629. The van der Waals surface area contributed by atoms with Crippen molar-refractivity contribution >= 4 is 17.2 Å². The molecule has 0 spiro atoms. The molecule has 0 saturated carbocycles. The predicted molar refractivity (Wildman–Crippen MR) is 84.5 cm³/mol. The summed E-state index contributed by atoms with van der Waals surface area (Å²) >= 11 is 0. The number of carbonyl (C=O) groups is 1. The molecular weight excluding hydrogens is 292 g/mol. The van der Waals surface area contributed by atoms with Gasteiger partial charge >= 0.3 is 0 Å². The molecular formula is C16H12N6O. The van der Waals surface area contributed by atoms with Crippen LogP contribution >= 0.6 is 0 Å². The second-order valence-corrected chi connectivity index (χ2v) is 4.90. The highest BCUT2D eigenvalue weighted by atomic mass is 16.2. The van der Waals surface area contributed by atoms with Crippen LogP contribution in [0.1, 0.15) is 10.5 Å². The Hall–Kier alpha value is -3.48. The van der Waals surface area contributed by atoms with Gasteiger partial charge in [0, 0.05) is 18.1 Å². The van der Waals surface area contributed by atoms with E-state index in [1.165, 1.54) is 10.7 Å². The van der Waals surface area contributed by atoms with Crippen LogP contribution in [0.5, 0.6) is 0 Å². The molecule has 0 aliphatic carbocycles. The molecule has 1 amide bonds. The monoisotopic (exact) mass is 304 g/mol. The number of hydrogen-bond acceptors (Lipinski definition) is 4. The fourth-order valence-electron chi connectivity index (χ4n) is 2.27. The molecule has 3 aromatic heterocycles. The van der Waals surface area contributed by atoms with E-state index in [2.05, 4.69) is 20.4 Å². The number of aromatic nitrogens is 5. The van der Waals surface area contributed by atoms with Crippen LogP contribution in [-0.2, 0) is 0 Å². The third-order valence-corrected chi connectivity index (χ3v) is 3.38. The van der Waals surface area contributed by atoms with Gasteiger partial charge < -0.3 is 5.32 Å². The van der Waals surface area contributed by atoms with Gasteiger partial charge in [0.15, 0.2) is 17.2 Å². The van der Waals surface area contributed by atoms with Gasteiger partial charge in [-0.05, 0) is 24.3 Å². The van der Waals surface area contributed by atoms with Crippen molar-refractivity contribution in [1.82, 2.24) is 24.1 Å². The van der Waals surface area contributed by atoms with Crippen molar-refractivity contribution in [2.75, 3.05) is 5.32 Å². The summed E-state index contributed by atoms with van der Waals surface area (Å²) in [5, 5.41) is 7.29. The van der Waals surface area contributed by atoms with Gasteiger partial charge in [0.1, 0.15) is 6.33 Å². The Morgan fingerprint density at radius 1 is 1.09 bits per heavy atom. The Balaban J connectivity index is 1.72. The zero-order valence-corrected chi connectivity index (χ0v) is 12.0. The molecule has 0 unspecified atom stereocenters. The maximum absolute atomic E-state index is 12.5. The third kappa shape index (κ3) is 2.44. The van der Waals surface area contributed by atoms with Crippen LogP contribution in [0.15, 0.2) is 67.4 Å². The number of nitrogens with one attached hydrogen (secondary N) is 1. The lowest BCUT2D eigenvalue weighted by Gasteiger charge is -2.06. The third-order valence-electron chi connectivity index (χ3n) is 3.38. The van der Waals surface area contributed by atoms with E-state index in [0.29, 0.717) is 17.2 Å². The SMILES string of the molecule is O=C(Nc1ccccc1)c1cnc2ccc(-n3ccnc3)nn12. The van der Waals surface area contributed by atoms with E-state index >= 15 is 0 Å². The first-order chi connectivity index (χ1) is 11.3. The molecule has 0 aliphatic heterocycles. The highest BCUT2D eigenvalue weighted by molar-refractivity contribution is 6.03. The molecule has 0 fully saturated rings. The topological polar surface area (TPSA) is 77.1 Å². The number of imidazole rings is 2. The average molecular weight is 304 g/mol. The Labute approximate surface area is 131 Å². The number of amides is 1. The second kappa shape index (κ2) is 5.38. The first-order valence-electron chi connectivity index (χ1n) is 7.01. The lowest BCUT2D eigenvalue weighted by atomic mass is 10.3. The molecule has 0 aliphatic rings. The van der Waals surface area contributed by atoms with Gasteiger partial charge in [-0.15, -0.1) is 5.10 Å². The minimum atomic E-state index is -0.265. The summed E-state index contributed by atoms with van der Waals surface area (Å²) in [5.74, 6) is 0.390. The number of hydrogen-bond donors (Lipinski definition) is 1. The normalized spacial score (nSPS) is 10.8. The van der Waals surface area contributed by atoms with Crippen LogP contribution in [0, 0.1) is 0 Å². The van der Waals surface area contributed by atoms with Gasteiger partial charge in [0.25, 0.3) is 5.91 Å². The van der Waals surface area contributed by atoms with E-state index in [1.807, 2.05) is 42.5 Å². The largest absolute Gasteiger partial charge is 0.321 e. The number of fused-ring (bicyclic) bond motifs is 1. The summed E-state index contributed by atoms with van der Waals surface area (Å²) < 4.78 is 3.28. The van der Waals surface area contributed by atoms with E-state index in [-0.39, 0.29) is 5.91 Å².